The van der Waals surface area contributed by atoms with Gasteiger partial charge in [0.2, 0.25) is 0 Å². The molecule has 4 aliphatic rings. The molecule has 0 aromatic heterocycles. The Balaban J connectivity index is 0.000000185. The normalized spacial score (nSPS) is 20.7. The largest absolute Gasteiger partial charge is 0.478 e. The molecule has 2 saturated carbocycles. The van der Waals surface area contributed by atoms with E-state index >= 15 is 0 Å². The first-order chi connectivity index (χ1) is 22.7. The summed E-state index contributed by atoms with van der Waals surface area (Å²) in [6.45, 7) is 12.9. The van der Waals surface area contributed by atoms with Gasteiger partial charge in [0, 0.05) is 88.6 Å². The molecule has 2 aliphatic heterocycles. The van der Waals surface area contributed by atoms with E-state index in [0.717, 1.165) is 88.4 Å². The number of carboxylic acid groups (broad SMARTS) is 1. The molecule has 2 aliphatic carbocycles. The minimum atomic E-state index is -0.921. The van der Waals surface area contributed by atoms with Crippen molar-refractivity contribution in [2.75, 3.05) is 72.6 Å². The van der Waals surface area contributed by atoms with Crippen molar-refractivity contribution in [3.63, 3.8) is 0 Å². The van der Waals surface area contributed by atoms with Gasteiger partial charge in [0.15, 0.2) is 0 Å². The van der Waals surface area contributed by atoms with Gasteiger partial charge in [-0.05, 0) is 85.0 Å². The van der Waals surface area contributed by atoms with Crippen LogP contribution in [-0.4, -0.2) is 109 Å². The Kier molecular flexibility index (Phi) is 13.8. The second-order valence-corrected chi connectivity index (χ2v) is 14.8. The van der Waals surface area contributed by atoms with Crippen molar-refractivity contribution in [1.82, 2.24) is 19.6 Å². The summed E-state index contributed by atoms with van der Waals surface area (Å²) in [5.74, 6) is 0.579. The second-order valence-electron chi connectivity index (χ2n) is 13.9. The van der Waals surface area contributed by atoms with E-state index in [1.165, 1.54) is 77.6 Å². The summed E-state index contributed by atoms with van der Waals surface area (Å²) in [6.07, 6.45) is 11.3. The number of nitrogens with zero attached hydrogens (tertiary/aromatic N) is 4. The van der Waals surface area contributed by atoms with Crippen LogP contribution in [0.4, 0.5) is 0 Å². The third-order valence-electron chi connectivity index (χ3n) is 10.3. The molecule has 4 fully saturated rings. The zero-order valence-electron chi connectivity index (χ0n) is 28.0. The fourth-order valence-electron chi connectivity index (χ4n) is 7.74. The number of carbonyl (C=O) groups excluding carboxylic acids is 1. The maximum Gasteiger partial charge on any atom is 0.337 e. The molecule has 0 radical (unpaired) electrons. The number of esters is 1. The van der Waals surface area contributed by atoms with Crippen molar-refractivity contribution in [1.29, 1.82) is 0 Å². The standard InChI is InChI=1S/C19H27ClN2O2.C18H25ClN2O2/c1-24-19(23)17-10-16(11-18(20)12-17)14-22-8-6-21(7-9-22)13-15-4-2-3-5-15;19-17-10-15(9-16(11-17)18(22)23)13-21-7-5-20(6-8-21)12-14-3-1-2-4-14/h10-12,15H,2-9,13-14H2,1H3;9-11,14H,1-8,12-13H2,(H,22,23). The molecule has 6 rings (SSSR count). The van der Waals surface area contributed by atoms with E-state index in [1.54, 1.807) is 12.1 Å². The van der Waals surface area contributed by atoms with Crippen LogP contribution in [0.1, 0.15) is 83.2 Å². The van der Waals surface area contributed by atoms with Crippen LogP contribution in [-0.2, 0) is 17.8 Å². The molecule has 47 heavy (non-hydrogen) atoms. The van der Waals surface area contributed by atoms with Gasteiger partial charge in [0.05, 0.1) is 18.2 Å². The molecule has 0 unspecified atom stereocenters. The number of hydrogen-bond donors (Lipinski definition) is 1. The molecule has 2 heterocycles. The van der Waals surface area contributed by atoms with Crippen LogP contribution in [0.5, 0.6) is 0 Å². The van der Waals surface area contributed by atoms with E-state index in [1.807, 2.05) is 18.2 Å². The van der Waals surface area contributed by atoms with E-state index in [-0.39, 0.29) is 11.5 Å². The van der Waals surface area contributed by atoms with Crippen molar-refractivity contribution in [2.24, 2.45) is 11.8 Å². The number of methoxy groups -OCH3 is 1. The lowest BCUT2D eigenvalue weighted by atomic mass is 10.1. The number of carboxylic acids is 1. The van der Waals surface area contributed by atoms with Crippen LogP contribution in [0.3, 0.4) is 0 Å². The number of halogens is 2. The lowest BCUT2D eigenvalue weighted by Gasteiger charge is -2.36. The third-order valence-corrected chi connectivity index (χ3v) is 10.7. The van der Waals surface area contributed by atoms with E-state index < -0.39 is 5.97 Å². The number of aromatic carboxylic acids is 1. The number of carbonyl (C=O) groups is 2. The average molecular weight is 688 g/mol. The monoisotopic (exact) mass is 686 g/mol. The Labute approximate surface area is 290 Å². The van der Waals surface area contributed by atoms with Gasteiger partial charge in [-0.1, -0.05) is 48.9 Å². The predicted octanol–water partition coefficient (Wildman–Crippen LogP) is 6.78. The SMILES string of the molecule is COC(=O)c1cc(Cl)cc(CN2CCN(CC3CCCC3)CC2)c1.O=C(O)c1cc(Cl)cc(CN2CCN(CC3CCCC3)CC2)c1. The number of rotatable bonds is 10. The van der Waals surface area contributed by atoms with Crippen molar-refractivity contribution < 1.29 is 19.4 Å². The van der Waals surface area contributed by atoms with Crippen LogP contribution in [0, 0.1) is 11.8 Å². The summed E-state index contributed by atoms with van der Waals surface area (Å²) >= 11 is 12.2. The summed E-state index contributed by atoms with van der Waals surface area (Å²) in [4.78, 5) is 32.9. The van der Waals surface area contributed by atoms with E-state index in [4.69, 9.17) is 33.0 Å². The molecule has 2 saturated heterocycles. The van der Waals surface area contributed by atoms with Crippen LogP contribution in [0.25, 0.3) is 0 Å². The first kappa shape index (κ1) is 36.1. The van der Waals surface area contributed by atoms with Crippen LogP contribution < -0.4 is 0 Å². The molecule has 0 bridgehead atoms. The molecule has 1 N–H and O–H groups in total. The Bertz CT molecular complexity index is 1320. The van der Waals surface area contributed by atoms with Crippen molar-refractivity contribution in [3.05, 3.63) is 68.7 Å². The maximum atomic E-state index is 11.7. The zero-order chi connectivity index (χ0) is 33.2. The summed E-state index contributed by atoms with van der Waals surface area (Å²) < 4.78 is 4.80. The van der Waals surface area contributed by atoms with E-state index in [9.17, 15) is 9.59 Å². The van der Waals surface area contributed by atoms with Gasteiger partial charge in [-0.25, -0.2) is 9.59 Å². The van der Waals surface area contributed by atoms with Gasteiger partial charge in [-0.2, -0.15) is 0 Å². The molecule has 8 nitrogen and oxygen atoms in total. The van der Waals surface area contributed by atoms with Crippen molar-refractivity contribution >= 4 is 35.1 Å². The number of ether oxygens (including phenoxy) is 1. The zero-order valence-corrected chi connectivity index (χ0v) is 29.5. The minimum Gasteiger partial charge on any atom is -0.478 e. The van der Waals surface area contributed by atoms with Gasteiger partial charge in [0.1, 0.15) is 0 Å². The predicted molar refractivity (Wildman–Crippen MR) is 189 cm³/mol. The molecular formula is C37H52Cl2N4O4. The molecule has 2 aromatic carbocycles. The van der Waals surface area contributed by atoms with E-state index in [0.29, 0.717) is 15.6 Å². The molecule has 2 aromatic rings. The average Bonchev–Trinajstić information content (AvgIpc) is 3.77. The van der Waals surface area contributed by atoms with Crippen LogP contribution in [0.15, 0.2) is 36.4 Å². The van der Waals surface area contributed by atoms with Gasteiger partial charge in [0.25, 0.3) is 0 Å². The Morgan fingerprint density at radius 3 is 1.43 bits per heavy atom. The lowest BCUT2D eigenvalue weighted by molar-refractivity contribution is 0.0599. The molecule has 0 atom stereocenters. The Hall–Kier alpha value is -2.20. The van der Waals surface area contributed by atoms with Crippen molar-refractivity contribution in [3.8, 4) is 0 Å². The Morgan fingerprint density at radius 1 is 0.638 bits per heavy atom. The number of hydrogen-bond acceptors (Lipinski definition) is 7. The third kappa shape index (κ3) is 11.4. The highest BCUT2D eigenvalue weighted by Gasteiger charge is 2.24. The smallest absolute Gasteiger partial charge is 0.337 e. The van der Waals surface area contributed by atoms with Gasteiger partial charge in [-0.3, -0.25) is 9.80 Å². The van der Waals surface area contributed by atoms with Crippen LogP contribution in [0.2, 0.25) is 10.0 Å². The summed E-state index contributed by atoms with van der Waals surface area (Å²) in [6, 6.07) is 10.6. The highest BCUT2D eigenvalue weighted by Crippen LogP contribution is 2.27. The van der Waals surface area contributed by atoms with Gasteiger partial charge >= 0.3 is 11.9 Å². The second kappa shape index (κ2) is 18.0. The van der Waals surface area contributed by atoms with Gasteiger partial charge < -0.3 is 19.6 Å². The van der Waals surface area contributed by atoms with Crippen LogP contribution >= 0.6 is 23.2 Å². The number of benzene rings is 2. The van der Waals surface area contributed by atoms with E-state index in [2.05, 4.69) is 19.6 Å². The van der Waals surface area contributed by atoms with Crippen molar-refractivity contribution in [2.45, 2.75) is 64.5 Å². The maximum absolute atomic E-state index is 11.7. The molecule has 258 valence electrons. The fraction of sp³-hybridized carbons (Fsp3) is 0.622. The topological polar surface area (TPSA) is 76.6 Å². The molecule has 0 spiro atoms. The Morgan fingerprint density at radius 2 is 1.02 bits per heavy atom. The number of piperazine rings is 2. The first-order valence-corrected chi connectivity index (χ1v) is 18.3. The quantitative estimate of drug-likeness (QED) is 0.274. The summed E-state index contributed by atoms with van der Waals surface area (Å²) in [7, 11) is 1.40. The minimum absolute atomic E-state index is 0.271. The highest BCUT2D eigenvalue weighted by atomic mass is 35.5. The molecule has 0 amide bonds. The first-order valence-electron chi connectivity index (χ1n) is 17.5. The fourth-order valence-corrected chi connectivity index (χ4v) is 8.25. The van der Waals surface area contributed by atoms with Gasteiger partial charge in [-0.15, -0.1) is 0 Å². The lowest BCUT2D eigenvalue weighted by Crippen LogP contribution is -2.47. The molecular weight excluding hydrogens is 635 g/mol. The highest BCUT2D eigenvalue weighted by molar-refractivity contribution is 6.31. The molecule has 10 heteroatoms. The summed E-state index contributed by atoms with van der Waals surface area (Å²) in [5.41, 5.74) is 2.86. The summed E-state index contributed by atoms with van der Waals surface area (Å²) in [5, 5.41) is 10.2.